The number of rotatable bonds is 5. The van der Waals surface area contributed by atoms with Crippen molar-refractivity contribution >= 4 is 22.5 Å². The molecule has 1 saturated carbocycles. The molecule has 2 aromatic rings. The van der Waals surface area contributed by atoms with Gasteiger partial charge >= 0.3 is 5.97 Å². The first-order valence-corrected chi connectivity index (χ1v) is 8.32. The van der Waals surface area contributed by atoms with Gasteiger partial charge in [-0.2, -0.15) is 0 Å². The lowest BCUT2D eigenvalue weighted by molar-refractivity contribution is -0.140. The Morgan fingerprint density at radius 3 is 2.35 bits per heavy atom. The summed E-state index contributed by atoms with van der Waals surface area (Å²) in [5.41, 5.74) is 0.358. The minimum atomic E-state index is -0.794. The standard InChI is InChI=1S/C20H22O3/c21-18(13-20(14-19(22)23)11-4-1-5-12-20)17-10-6-8-15-7-2-3-9-16(15)17/h2-3,6-10H,1,4-5,11-14H2,(H,22,23). The minimum Gasteiger partial charge on any atom is -0.481 e. The van der Waals surface area contributed by atoms with Crippen molar-refractivity contribution in [2.75, 3.05) is 0 Å². The number of carboxylic acids is 1. The lowest BCUT2D eigenvalue weighted by atomic mass is 9.68. The normalized spacial score (nSPS) is 17.0. The van der Waals surface area contributed by atoms with Crippen LogP contribution in [0.5, 0.6) is 0 Å². The van der Waals surface area contributed by atoms with Crippen LogP contribution in [0, 0.1) is 5.41 Å². The fraction of sp³-hybridized carbons (Fsp3) is 0.400. The SMILES string of the molecule is O=C(O)CC1(CC(=O)c2cccc3ccccc23)CCCCC1. The molecule has 1 aliphatic rings. The third-order valence-electron chi connectivity index (χ3n) is 5.07. The van der Waals surface area contributed by atoms with Crippen molar-refractivity contribution in [3.63, 3.8) is 0 Å². The molecule has 3 rings (SSSR count). The number of hydrogen-bond acceptors (Lipinski definition) is 2. The molecule has 0 aromatic heterocycles. The van der Waals surface area contributed by atoms with Crippen LogP contribution < -0.4 is 0 Å². The fourth-order valence-corrected chi connectivity index (χ4v) is 3.94. The van der Waals surface area contributed by atoms with Crippen LogP contribution in [0.1, 0.15) is 55.3 Å². The molecule has 2 aromatic carbocycles. The van der Waals surface area contributed by atoms with E-state index in [9.17, 15) is 14.7 Å². The number of carbonyl (C=O) groups excluding carboxylic acids is 1. The lowest BCUT2D eigenvalue weighted by Gasteiger charge is -2.35. The van der Waals surface area contributed by atoms with Gasteiger partial charge in [-0.25, -0.2) is 0 Å². The summed E-state index contributed by atoms with van der Waals surface area (Å²) in [4.78, 5) is 24.2. The number of carboxylic acid groups (broad SMARTS) is 1. The first-order valence-electron chi connectivity index (χ1n) is 8.32. The van der Waals surface area contributed by atoms with Gasteiger partial charge in [-0.05, 0) is 29.0 Å². The van der Waals surface area contributed by atoms with Gasteiger partial charge in [-0.3, -0.25) is 9.59 Å². The second-order valence-electron chi connectivity index (χ2n) is 6.76. The van der Waals surface area contributed by atoms with Crippen LogP contribution >= 0.6 is 0 Å². The van der Waals surface area contributed by atoms with E-state index in [1.807, 2.05) is 42.5 Å². The quantitative estimate of drug-likeness (QED) is 0.804. The van der Waals surface area contributed by atoms with E-state index in [-0.39, 0.29) is 17.6 Å². The van der Waals surface area contributed by atoms with E-state index in [1.54, 1.807) is 0 Å². The maximum absolute atomic E-state index is 12.9. The van der Waals surface area contributed by atoms with Crippen LogP contribution in [0.2, 0.25) is 0 Å². The van der Waals surface area contributed by atoms with E-state index in [2.05, 4.69) is 0 Å². The van der Waals surface area contributed by atoms with E-state index in [1.165, 1.54) is 0 Å². The monoisotopic (exact) mass is 310 g/mol. The van der Waals surface area contributed by atoms with Gasteiger partial charge in [0.05, 0.1) is 6.42 Å². The van der Waals surface area contributed by atoms with Gasteiger partial charge in [0.1, 0.15) is 0 Å². The summed E-state index contributed by atoms with van der Waals surface area (Å²) in [6.07, 6.45) is 5.32. The Balaban J connectivity index is 1.90. The van der Waals surface area contributed by atoms with Crippen molar-refractivity contribution in [1.29, 1.82) is 0 Å². The van der Waals surface area contributed by atoms with E-state index in [0.717, 1.165) is 48.4 Å². The van der Waals surface area contributed by atoms with Gasteiger partial charge < -0.3 is 5.11 Å². The van der Waals surface area contributed by atoms with E-state index >= 15 is 0 Å². The van der Waals surface area contributed by atoms with Crippen LogP contribution in [-0.2, 0) is 4.79 Å². The molecule has 3 nitrogen and oxygen atoms in total. The number of fused-ring (bicyclic) bond motifs is 1. The summed E-state index contributed by atoms with van der Waals surface area (Å²) < 4.78 is 0. The maximum Gasteiger partial charge on any atom is 0.303 e. The highest BCUT2D eigenvalue weighted by atomic mass is 16.4. The average Bonchev–Trinajstić information content (AvgIpc) is 2.54. The van der Waals surface area contributed by atoms with Gasteiger partial charge in [0.25, 0.3) is 0 Å². The van der Waals surface area contributed by atoms with Gasteiger partial charge in [-0.15, -0.1) is 0 Å². The molecule has 120 valence electrons. The highest BCUT2D eigenvalue weighted by Gasteiger charge is 2.36. The molecular formula is C20H22O3. The Morgan fingerprint density at radius 1 is 0.913 bits per heavy atom. The molecular weight excluding hydrogens is 288 g/mol. The Labute approximate surface area is 136 Å². The Bertz CT molecular complexity index is 721. The van der Waals surface area contributed by atoms with Crippen molar-refractivity contribution in [1.82, 2.24) is 0 Å². The Kier molecular flexibility index (Phi) is 4.46. The van der Waals surface area contributed by atoms with Crippen molar-refractivity contribution in [2.24, 2.45) is 5.41 Å². The zero-order valence-corrected chi connectivity index (χ0v) is 13.3. The van der Waals surface area contributed by atoms with Crippen molar-refractivity contribution in [3.05, 3.63) is 48.0 Å². The van der Waals surface area contributed by atoms with Crippen LogP contribution in [0.25, 0.3) is 10.8 Å². The predicted octanol–water partition coefficient (Wildman–Crippen LogP) is 4.84. The lowest BCUT2D eigenvalue weighted by Crippen LogP contribution is -2.30. The molecule has 0 atom stereocenters. The molecule has 1 N–H and O–H groups in total. The zero-order valence-electron chi connectivity index (χ0n) is 13.3. The van der Waals surface area contributed by atoms with Crippen LogP contribution in [0.15, 0.2) is 42.5 Å². The first-order chi connectivity index (χ1) is 11.1. The second kappa shape index (κ2) is 6.53. The fourth-order valence-electron chi connectivity index (χ4n) is 3.94. The topological polar surface area (TPSA) is 54.4 Å². The molecule has 0 aliphatic heterocycles. The molecule has 3 heteroatoms. The summed E-state index contributed by atoms with van der Waals surface area (Å²) in [6.45, 7) is 0. The zero-order chi connectivity index (χ0) is 16.3. The molecule has 0 heterocycles. The smallest absolute Gasteiger partial charge is 0.303 e. The Hall–Kier alpha value is -2.16. The molecule has 0 unspecified atom stereocenters. The van der Waals surface area contributed by atoms with Gasteiger partial charge in [0, 0.05) is 12.0 Å². The molecule has 0 saturated heterocycles. The van der Waals surface area contributed by atoms with Crippen LogP contribution in [0.3, 0.4) is 0 Å². The largest absolute Gasteiger partial charge is 0.481 e. The van der Waals surface area contributed by atoms with Crippen molar-refractivity contribution in [3.8, 4) is 0 Å². The molecule has 0 bridgehead atoms. The Morgan fingerprint density at radius 2 is 1.61 bits per heavy atom. The molecule has 0 spiro atoms. The summed E-state index contributed by atoms with van der Waals surface area (Å²) in [7, 11) is 0. The van der Waals surface area contributed by atoms with Gasteiger partial charge in [0.15, 0.2) is 5.78 Å². The molecule has 0 radical (unpaired) electrons. The minimum absolute atomic E-state index is 0.0740. The summed E-state index contributed by atoms with van der Waals surface area (Å²) in [5, 5.41) is 11.3. The average molecular weight is 310 g/mol. The maximum atomic E-state index is 12.9. The number of ketones is 1. The number of Topliss-reactive ketones (excluding diaryl/α,β-unsaturated/α-hetero) is 1. The summed E-state index contributed by atoms with van der Waals surface area (Å²) in [6, 6.07) is 13.6. The van der Waals surface area contributed by atoms with Crippen molar-refractivity contribution < 1.29 is 14.7 Å². The molecule has 1 aliphatic carbocycles. The predicted molar refractivity (Wildman–Crippen MR) is 90.7 cm³/mol. The summed E-state index contributed by atoms with van der Waals surface area (Å²) in [5.74, 6) is -0.720. The molecule has 1 fully saturated rings. The second-order valence-corrected chi connectivity index (χ2v) is 6.76. The van der Waals surface area contributed by atoms with Crippen molar-refractivity contribution in [2.45, 2.75) is 44.9 Å². The number of benzene rings is 2. The molecule has 0 amide bonds. The van der Waals surface area contributed by atoms with Gasteiger partial charge in [-0.1, -0.05) is 61.7 Å². The number of carbonyl (C=O) groups is 2. The van der Waals surface area contributed by atoms with E-state index in [4.69, 9.17) is 0 Å². The first kappa shape index (κ1) is 15.7. The third kappa shape index (κ3) is 3.44. The third-order valence-corrected chi connectivity index (χ3v) is 5.07. The summed E-state index contributed by atoms with van der Waals surface area (Å²) >= 11 is 0. The number of hydrogen-bond donors (Lipinski definition) is 1. The number of aliphatic carboxylic acids is 1. The highest BCUT2D eigenvalue weighted by molar-refractivity contribution is 6.08. The highest BCUT2D eigenvalue weighted by Crippen LogP contribution is 2.43. The van der Waals surface area contributed by atoms with E-state index in [0.29, 0.717) is 6.42 Å². The van der Waals surface area contributed by atoms with Crippen LogP contribution in [-0.4, -0.2) is 16.9 Å². The molecule has 23 heavy (non-hydrogen) atoms. The van der Waals surface area contributed by atoms with Gasteiger partial charge in [0.2, 0.25) is 0 Å². The van der Waals surface area contributed by atoms with E-state index < -0.39 is 5.97 Å². The van der Waals surface area contributed by atoms with Crippen LogP contribution in [0.4, 0.5) is 0 Å².